The van der Waals surface area contributed by atoms with Crippen molar-refractivity contribution >= 4 is 29.3 Å². The lowest BCUT2D eigenvalue weighted by molar-refractivity contribution is 0.0231. The van der Waals surface area contributed by atoms with Gasteiger partial charge in [0.1, 0.15) is 11.4 Å². The summed E-state index contributed by atoms with van der Waals surface area (Å²) in [6.07, 6.45) is -0.504. The smallest absolute Gasteiger partial charge is 0.410 e. The molecule has 1 heterocycles. The van der Waals surface area contributed by atoms with E-state index in [9.17, 15) is 4.79 Å². The molecule has 1 aliphatic rings. The molecule has 0 radical (unpaired) electrons. The molecule has 0 spiro atoms. The Hall–Kier alpha value is -1.99. The summed E-state index contributed by atoms with van der Waals surface area (Å²) in [6.45, 7) is 8.23. The molecule has 33 heavy (non-hydrogen) atoms. The average molecular weight is 495 g/mol. The number of nitrogens with zero attached hydrogens (tertiary/aromatic N) is 1. The van der Waals surface area contributed by atoms with E-state index in [1.807, 2.05) is 57.2 Å². The van der Waals surface area contributed by atoms with Crippen molar-refractivity contribution in [3.63, 3.8) is 0 Å². The summed E-state index contributed by atoms with van der Waals surface area (Å²) in [6, 6.07) is 13.5. The fourth-order valence-corrected chi connectivity index (χ4v) is 4.04. The highest BCUT2D eigenvalue weighted by Gasteiger charge is 2.33. The molecule has 6 nitrogen and oxygen atoms in total. The molecule has 0 saturated carbocycles. The van der Waals surface area contributed by atoms with E-state index in [-0.39, 0.29) is 18.1 Å². The minimum absolute atomic E-state index is 0.0989. The molecule has 2 atom stereocenters. The number of carbonyl (C=O) groups is 1. The Bertz CT molecular complexity index is 931. The molecule has 1 fully saturated rings. The fraction of sp³-hybridized carbons (Fsp3) is 0.480. The Balaban J connectivity index is 1.74. The molecule has 1 N–H and O–H groups in total. The van der Waals surface area contributed by atoms with Gasteiger partial charge < -0.3 is 24.4 Å². The number of hydrogen-bond donors (Lipinski definition) is 1. The summed E-state index contributed by atoms with van der Waals surface area (Å²) in [5.41, 5.74) is 1.55. The van der Waals surface area contributed by atoms with Gasteiger partial charge in [-0.15, -0.1) is 0 Å². The van der Waals surface area contributed by atoms with E-state index < -0.39 is 5.60 Å². The van der Waals surface area contributed by atoms with Gasteiger partial charge in [0, 0.05) is 32.1 Å². The molecular formula is C25H32Cl2N2O4. The number of halogens is 2. The molecule has 2 unspecified atom stereocenters. The zero-order valence-corrected chi connectivity index (χ0v) is 21.1. The maximum absolute atomic E-state index is 12.8. The van der Waals surface area contributed by atoms with Gasteiger partial charge in [-0.25, -0.2) is 4.79 Å². The molecule has 2 aromatic carbocycles. The lowest BCUT2D eigenvalue weighted by Gasteiger charge is -2.30. The van der Waals surface area contributed by atoms with Crippen LogP contribution >= 0.6 is 23.2 Å². The number of amides is 1. The first-order chi connectivity index (χ1) is 15.7. The summed E-state index contributed by atoms with van der Waals surface area (Å²) < 4.78 is 17.0. The first kappa shape index (κ1) is 25.6. The number of benzene rings is 2. The van der Waals surface area contributed by atoms with E-state index in [0.29, 0.717) is 42.8 Å². The van der Waals surface area contributed by atoms with Gasteiger partial charge in [0.2, 0.25) is 0 Å². The third-order valence-electron chi connectivity index (χ3n) is 5.42. The molecule has 1 amide bonds. The first-order valence-corrected chi connectivity index (χ1v) is 11.8. The van der Waals surface area contributed by atoms with Crippen molar-refractivity contribution in [2.75, 3.05) is 33.4 Å². The number of ether oxygens (including phenoxy) is 3. The second-order valence-electron chi connectivity index (χ2n) is 9.09. The van der Waals surface area contributed by atoms with Gasteiger partial charge in [-0.3, -0.25) is 0 Å². The van der Waals surface area contributed by atoms with Gasteiger partial charge >= 0.3 is 6.09 Å². The highest BCUT2D eigenvalue weighted by atomic mass is 35.5. The standard InChI is InChI=1S/C25H32Cl2N2O4/c1-25(2,3)33-24(30)29-11-12-32-23(15-28-14-17-5-8-19(31-4)9-6-17)20(16-29)18-7-10-21(26)22(27)13-18/h5-10,13,20,23,28H,11-12,14-16H2,1-4H3. The highest BCUT2D eigenvalue weighted by Crippen LogP contribution is 2.31. The molecule has 0 aliphatic carbocycles. The lowest BCUT2D eigenvalue weighted by atomic mass is 9.92. The van der Waals surface area contributed by atoms with Gasteiger partial charge in [0.05, 0.1) is 29.9 Å². The summed E-state index contributed by atoms with van der Waals surface area (Å²) in [5.74, 6) is 0.728. The van der Waals surface area contributed by atoms with Crippen molar-refractivity contribution in [1.29, 1.82) is 0 Å². The predicted octanol–water partition coefficient (Wildman–Crippen LogP) is 5.51. The Morgan fingerprint density at radius 1 is 1.15 bits per heavy atom. The Kier molecular flexibility index (Phi) is 8.88. The van der Waals surface area contributed by atoms with Crippen LogP contribution in [0.1, 0.15) is 37.8 Å². The largest absolute Gasteiger partial charge is 0.497 e. The topological polar surface area (TPSA) is 60.0 Å². The molecule has 0 bridgehead atoms. The van der Waals surface area contributed by atoms with Gasteiger partial charge in [-0.2, -0.15) is 0 Å². The molecule has 1 aliphatic heterocycles. The Morgan fingerprint density at radius 3 is 2.52 bits per heavy atom. The molecule has 8 heteroatoms. The zero-order valence-electron chi connectivity index (χ0n) is 19.6. The van der Waals surface area contributed by atoms with Crippen LogP contribution in [0.5, 0.6) is 5.75 Å². The van der Waals surface area contributed by atoms with E-state index >= 15 is 0 Å². The zero-order chi connectivity index (χ0) is 24.0. The van der Waals surface area contributed by atoms with Crippen molar-refractivity contribution in [1.82, 2.24) is 10.2 Å². The predicted molar refractivity (Wildman–Crippen MR) is 131 cm³/mol. The van der Waals surface area contributed by atoms with Gasteiger partial charge in [0.25, 0.3) is 0 Å². The summed E-state index contributed by atoms with van der Waals surface area (Å²) in [7, 11) is 1.65. The summed E-state index contributed by atoms with van der Waals surface area (Å²) >= 11 is 12.5. The quantitative estimate of drug-likeness (QED) is 0.573. The molecule has 0 aromatic heterocycles. The molecule has 3 rings (SSSR count). The van der Waals surface area contributed by atoms with Gasteiger partial charge in [-0.05, 0) is 56.2 Å². The van der Waals surface area contributed by atoms with Crippen molar-refractivity contribution in [2.45, 2.75) is 44.9 Å². The van der Waals surface area contributed by atoms with Crippen LogP contribution in [0.2, 0.25) is 10.0 Å². The number of methoxy groups -OCH3 is 1. The second-order valence-corrected chi connectivity index (χ2v) is 9.91. The number of carbonyl (C=O) groups excluding carboxylic acids is 1. The number of rotatable bonds is 6. The van der Waals surface area contributed by atoms with Crippen LogP contribution in [-0.4, -0.2) is 56.0 Å². The van der Waals surface area contributed by atoms with E-state index in [2.05, 4.69) is 5.32 Å². The molecule has 2 aromatic rings. The minimum atomic E-state index is -0.567. The second kappa shape index (κ2) is 11.4. The molecule has 180 valence electrons. The maximum Gasteiger partial charge on any atom is 0.410 e. The van der Waals surface area contributed by atoms with Gasteiger partial charge in [0.15, 0.2) is 0 Å². The molecular weight excluding hydrogens is 463 g/mol. The molecule has 1 saturated heterocycles. The fourth-order valence-electron chi connectivity index (χ4n) is 3.74. The van der Waals surface area contributed by atoms with Crippen LogP contribution in [0, 0.1) is 0 Å². The van der Waals surface area contributed by atoms with E-state index in [1.54, 1.807) is 18.1 Å². The van der Waals surface area contributed by atoms with Crippen LogP contribution < -0.4 is 10.1 Å². The van der Waals surface area contributed by atoms with Crippen LogP contribution in [0.3, 0.4) is 0 Å². The van der Waals surface area contributed by atoms with Crippen LogP contribution in [0.4, 0.5) is 4.79 Å². The Morgan fingerprint density at radius 2 is 1.88 bits per heavy atom. The number of nitrogens with one attached hydrogen (secondary N) is 1. The average Bonchev–Trinajstić information content (AvgIpc) is 2.98. The highest BCUT2D eigenvalue weighted by molar-refractivity contribution is 6.42. The normalized spacial score (nSPS) is 19.2. The monoisotopic (exact) mass is 494 g/mol. The third-order valence-corrected chi connectivity index (χ3v) is 6.16. The van der Waals surface area contributed by atoms with Crippen LogP contribution in [0.25, 0.3) is 0 Å². The van der Waals surface area contributed by atoms with Crippen LogP contribution in [0.15, 0.2) is 42.5 Å². The van der Waals surface area contributed by atoms with Gasteiger partial charge in [-0.1, -0.05) is 41.4 Å². The SMILES string of the molecule is COc1ccc(CNCC2OCCN(C(=O)OC(C)(C)C)CC2c2ccc(Cl)c(Cl)c2)cc1. The van der Waals surface area contributed by atoms with E-state index in [4.69, 9.17) is 37.4 Å². The minimum Gasteiger partial charge on any atom is -0.497 e. The van der Waals surface area contributed by atoms with Crippen LogP contribution in [-0.2, 0) is 16.0 Å². The summed E-state index contributed by atoms with van der Waals surface area (Å²) in [4.78, 5) is 14.5. The first-order valence-electron chi connectivity index (χ1n) is 11.0. The van der Waals surface area contributed by atoms with Crippen molar-refractivity contribution < 1.29 is 19.0 Å². The van der Waals surface area contributed by atoms with Crippen molar-refractivity contribution in [2.24, 2.45) is 0 Å². The lowest BCUT2D eigenvalue weighted by Crippen LogP contribution is -2.41. The summed E-state index contributed by atoms with van der Waals surface area (Å²) in [5, 5.41) is 4.46. The maximum atomic E-state index is 12.8. The van der Waals surface area contributed by atoms with E-state index in [1.165, 1.54) is 0 Å². The van der Waals surface area contributed by atoms with Crippen molar-refractivity contribution in [3.05, 3.63) is 63.6 Å². The van der Waals surface area contributed by atoms with Crippen molar-refractivity contribution in [3.8, 4) is 5.75 Å². The van der Waals surface area contributed by atoms with E-state index in [0.717, 1.165) is 16.9 Å². The third kappa shape index (κ3) is 7.51. The number of hydrogen-bond acceptors (Lipinski definition) is 5. The Labute approximate surface area is 206 Å².